The van der Waals surface area contributed by atoms with Crippen LogP contribution in [0.5, 0.6) is 0 Å². The number of amides is 1. The molecule has 1 aromatic carbocycles. The van der Waals surface area contributed by atoms with Crippen LogP contribution in [-0.2, 0) is 0 Å². The van der Waals surface area contributed by atoms with Crippen molar-refractivity contribution in [1.82, 2.24) is 5.32 Å². The topological polar surface area (TPSA) is 29.1 Å². The molecule has 1 rings (SSSR count). The summed E-state index contributed by atoms with van der Waals surface area (Å²) < 4.78 is 0. The molecule has 0 aliphatic heterocycles. The fraction of sp³-hybridized carbons (Fsp3) is 0.500. The Morgan fingerprint density at radius 3 is 2.50 bits per heavy atom. The Labute approximate surface area is 98.1 Å². The molecule has 0 unspecified atom stereocenters. The normalized spacial score (nSPS) is 12.1. The molecule has 0 spiro atoms. The van der Waals surface area contributed by atoms with Crippen molar-refractivity contribution in [1.29, 1.82) is 0 Å². The van der Waals surface area contributed by atoms with Crippen molar-refractivity contribution in [2.45, 2.75) is 33.1 Å². The van der Waals surface area contributed by atoms with Gasteiger partial charge in [0, 0.05) is 12.1 Å². The van der Waals surface area contributed by atoms with Crippen LogP contribution in [0.1, 0.15) is 43.5 Å². The van der Waals surface area contributed by atoms with Crippen molar-refractivity contribution in [3.05, 3.63) is 35.9 Å². The van der Waals surface area contributed by atoms with Crippen LogP contribution >= 0.6 is 0 Å². The van der Waals surface area contributed by atoms with E-state index in [1.807, 2.05) is 30.3 Å². The molecule has 1 N–H and O–H groups in total. The molecule has 1 atom stereocenters. The first-order valence-electron chi connectivity index (χ1n) is 6.11. The predicted octanol–water partition coefficient (Wildman–Crippen LogP) is 3.24. The van der Waals surface area contributed by atoms with Gasteiger partial charge < -0.3 is 5.32 Å². The summed E-state index contributed by atoms with van der Waals surface area (Å²) in [7, 11) is 0. The minimum atomic E-state index is 0.0372. The van der Waals surface area contributed by atoms with Gasteiger partial charge >= 0.3 is 0 Å². The van der Waals surface area contributed by atoms with Crippen molar-refractivity contribution < 1.29 is 4.79 Å². The summed E-state index contributed by atoms with van der Waals surface area (Å²) in [6.45, 7) is 5.15. The molecule has 0 fully saturated rings. The zero-order valence-corrected chi connectivity index (χ0v) is 10.2. The molecule has 2 nitrogen and oxygen atoms in total. The second-order valence-corrected chi connectivity index (χ2v) is 4.14. The predicted molar refractivity (Wildman–Crippen MR) is 67.5 cm³/mol. The van der Waals surface area contributed by atoms with Gasteiger partial charge in [-0.25, -0.2) is 0 Å². The lowest BCUT2D eigenvalue weighted by molar-refractivity contribution is 0.0946. The summed E-state index contributed by atoms with van der Waals surface area (Å²) in [5.74, 6) is 0.646. The van der Waals surface area contributed by atoms with Gasteiger partial charge in [0.15, 0.2) is 0 Å². The number of hydrogen-bond acceptors (Lipinski definition) is 1. The van der Waals surface area contributed by atoms with Gasteiger partial charge in [-0.15, -0.1) is 0 Å². The summed E-state index contributed by atoms with van der Waals surface area (Å²) in [6.07, 6.45) is 3.49. The second kappa shape index (κ2) is 7.04. The first-order valence-corrected chi connectivity index (χ1v) is 6.11. The third-order valence-electron chi connectivity index (χ3n) is 2.86. The monoisotopic (exact) mass is 219 g/mol. The third kappa shape index (κ3) is 4.05. The molecule has 0 aliphatic carbocycles. The van der Waals surface area contributed by atoms with Crippen molar-refractivity contribution >= 4 is 5.91 Å². The van der Waals surface area contributed by atoms with E-state index in [9.17, 15) is 4.79 Å². The Morgan fingerprint density at radius 1 is 1.25 bits per heavy atom. The van der Waals surface area contributed by atoms with E-state index >= 15 is 0 Å². The van der Waals surface area contributed by atoms with E-state index < -0.39 is 0 Å². The standard InChI is InChI=1S/C14H21NO/c1-3-8-12(4-2)11-15-14(16)13-9-6-5-7-10-13/h5-7,9-10,12H,3-4,8,11H2,1-2H3,(H,15,16)/t12-/m0/s1. The maximum atomic E-state index is 11.8. The van der Waals surface area contributed by atoms with Gasteiger partial charge in [0.05, 0.1) is 0 Å². The molecular formula is C14H21NO. The van der Waals surface area contributed by atoms with Crippen molar-refractivity contribution in [2.24, 2.45) is 5.92 Å². The van der Waals surface area contributed by atoms with E-state index in [0.717, 1.165) is 18.5 Å². The molecule has 0 radical (unpaired) electrons. The van der Waals surface area contributed by atoms with E-state index in [4.69, 9.17) is 0 Å². The molecular weight excluding hydrogens is 198 g/mol. The van der Waals surface area contributed by atoms with Crippen LogP contribution in [0, 0.1) is 5.92 Å². The first-order chi connectivity index (χ1) is 7.77. The van der Waals surface area contributed by atoms with Crippen LogP contribution in [0.3, 0.4) is 0 Å². The van der Waals surface area contributed by atoms with Crippen molar-refractivity contribution in [2.75, 3.05) is 6.54 Å². The largest absolute Gasteiger partial charge is 0.352 e. The molecule has 2 heteroatoms. The van der Waals surface area contributed by atoms with Crippen molar-refractivity contribution in [3.63, 3.8) is 0 Å². The highest BCUT2D eigenvalue weighted by atomic mass is 16.1. The van der Waals surface area contributed by atoms with E-state index in [2.05, 4.69) is 19.2 Å². The van der Waals surface area contributed by atoms with Crippen LogP contribution in [0.2, 0.25) is 0 Å². The number of carbonyl (C=O) groups is 1. The fourth-order valence-corrected chi connectivity index (χ4v) is 1.79. The summed E-state index contributed by atoms with van der Waals surface area (Å²) in [5.41, 5.74) is 0.744. The quantitative estimate of drug-likeness (QED) is 0.782. The van der Waals surface area contributed by atoms with Gasteiger partial charge in [0.1, 0.15) is 0 Å². The lowest BCUT2D eigenvalue weighted by Crippen LogP contribution is -2.29. The highest BCUT2D eigenvalue weighted by Crippen LogP contribution is 2.09. The highest BCUT2D eigenvalue weighted by molar-refractivity contribution is 5.94. The van der Waals surface area contributed by atoms with Gasteiger partial charge in [0.25, 0.3) is 5.91 Å². The Bertz CT molecular complexity index is 308. The van der Waals surface area contributed by atoms with Gasteiger partial charge in [-0.2, -0.15) is 0 Å². The number of rotatable bonds is 6. The number of hydrogen-bond donors (Lipinski definition) is 1. The molecule has 0 aromatic heterocycles. The van der Waals surface area contributed by atoms with Gasteiger partial charge in [-0.3, -0.25) is 4.79 Å². The van der Waals surface area contributed by atoms with Crippen LogP contribution in [0.25, 0.3) is 0 Å². The summed E-state index contributed by atoms with van der Waals surface area (Å²) in [4.78, 5) is 11.8. The van der Waals surface area contributed by atoms with Crippen LogP contribution in [0.15, 0.2) is 30.3 Å². The van der Waals surface area contributed by atoms with Crippen molar-refractivity contribution in [3.8, 4) is 0 Å². The number of benzene rings is 1. The van der Waals surface area contributed by atoms with Gasteiger partial charge in [-0.05, 0) is 24.5 Å². The maximum absolute atomic E-state index is 11.8. The fourth-order valence-electron chi connectivity index (χ4n) is 1.79. The lowest BCUT2D eigenvalue weighted by Gasteiger charge is -2.14. The summed E-state index contributed by atoms with van der Waals surface area (Å²) in [6, 6.07) is 9.38. The molecule has 0 saturated heterocycles. The molecule has 1 amide bonds. The Hall–Kier alpha value is -1.31. The van der Waals surface area contributed by atoms with Gasteiger partial charge in [0.2, 0.25) is 0 Å². The van der Waals surface area contributed by atoms with Crippen LogP contribution in [0.4, 0.5) is 0 Å². The molecule has 1 aromatic rings. The number of carbonyl (C=O) groups excluding carboxylic acids is 1. The van der Waals surface area contributed by atoms with E-state index in [1.165, 1.54) is 12.8 Å². The Balaban J connectivity index is 2.40. The molecule has 0 saturated carbocycles. The van der Waals surface area contributed by atoms with E-state index in [0.29, 0.717) is 5.92 Å². The average molecular weight is 219 g/mol. The second-order valence-electron chi connectivity index (χ2n) is 4.14. The van der Waals surface area contributed by atoms with E-state index in [-0.39, 0.29) is 5.91 Å². The molecule has 16 heavy (non-hydrogen) atoms. The van der Waals surface area contributed by atoms with E-state index in [1.54, 1.807) is 0 Å². The Morgan fingerprint density at radius 2 is 1.94 bits per heavy atom. The smallest absolute Gasteiger partial charge is 0.251 e. The number of nitrogens with one attached hydrogen (secondary N) is 1. The average Bonchev–Trinajstić information content (AvgIpc) is 2.35. The van der Waals surface area contributed by atoms with Crippen LogP contribution < -0.4 is 5.32 Å². The zero-order chi connectivity index (χ0) is 11.8. The van der Waals surface area contributed by atoms with Gasteiger partial charge in [-0.1, -0.05) is 44.9 Å². The molecule has 0 bridgehead atoms. The first kappa shape index (κ1) is 12.8. The maximum Gasteiger partial charge on any atom is 0.251 e. The minimum absolute atomic E-state index is 0.0372. The Kier molecular flexibility index (Phi) is 5.62. The summed E-state index contributed by atoms with van der Waals surface area (Å²) in [5, 5.41) is 3.00. The SMILES string of the molecule is CCC[C@H](CC)CNC(=O)c1ccccc1. The molecule has 0 heterocycles. The molecule has 0 aliphatic rings. The third-order valence-corrected chi connectivity index (χ3v) is 2.86. The minimum Gasteiger partial charge on any atom is -0.352 e. The summed E-state index contributed by atoms with van der Waals surface area (Å²) >= 11 is 0. The highest BCUT2D eigenvalue weighted by Gasteiger charge is 2.08. The van der Waals surface area contributed by atoms with Crippen LogP contribution in [-0.4, -0.2) is 12.5 Å². The lowest BCUT2D eigenvalue weighted by atomic mass is 10.0. The molecule has 88 valence electrons. The zero-order valence-electron chi connectivity index (χ0n) is 10.2.